The van der Waals surface area contributed by atoms with Crippen molar-refractivity contribution in [2.45, 2.75) is 12.8 Å². The van der Waals surface area contributed by atoms with Crippen molar-refractivity contribution in [2.75, 3.05) is 6.54 Å². The summed E-state index contributed by atoms with van der Waals surface area (Å²) in [5, 5.41) is 12.6. The molecule has 0 bridgehead atoms. The number of carboxylic acids is 1. The first-order chi connectivity index (χ1) is 10.5. The fraction of sp³-hybridized carbons (Fsp3) is 0.176. The van der Waals surface area contributed by atoms with E-state index in [9.17, 15) is 19.1 Å². The van der Waals surface area contributed by atoms with Crippen LogP contribution in [0.2, 0.25) is 0 Å². The van der Waals surface area contributed by atoms with Crippen LogP contribution in [0.3, 0.4) is 0 Å². The molecule has 4 nitrogen and oxygen atoms in total. The van der Waals surface area contributed by atoms with E-state index in [2.05, 4.69) is 5.32 Å². The van der Waals surface area contributed by atoms with Gasteiger partial charge in [0.25, 0.3) is 0 Å². The maximum absolute atomic E-state index is 14.2. The first kappa shape index (κ1) is 15.7. The van der Waals surface area contributed by atoms with Crippen LogP contribution < -0.4 is 10.4 Å². The number of hydrogen-bond acceptors (Lipinski definition) is 3. The number of carbonyl (C=O) groups excluding carboxylic acids is 2. The van der Waals surface area contributed by atoms with Crippen molar-refractivity contribution < 1.29 is 19.1 Å². The number of nitrogens with one attached hydrogen (secondary N) is 1. The average molecular weight is 300 g/mol. The Morgan fingerprint density at radius 1 is 1.18 bits per heavy atom. The van der Waals surface area contributed by atoms with Crippen molar-refractivity contribution in [1.82, 2.24) is 5.32 Å². The Labute approximate surface area is 127 Å². The predicted octanol–water partition coefficient (Wildman–Crippen LogP) is 1.46. The molecule has 0 saturated carbocycles. The summed E-state index contributed by atoms with van der Waals surface area (Å²) in [6, 6.07) is 13.7. The lowest BCUT2D eigenvalue weighted by atomic mass is 9.96. The fourth-order valence-corrected chi connectivity index (χ4v) is 2.12. The predicted molar refractivity (Wildman–Crippen MR) is 78.3 cm³/mol. The molecule has 0 aliphatic heterocycles. The zero-order valence-electron chi connectivity index (χ0n) is 12.0. The molecule has 2 rings (SSSR count). The lowest BCUT2D eigenvalue weighted by molar-refractivity contribution is -0.304. The van der Waals surface area contributed by atoms with Crippen molar-refractivity contribution in [1.29, 1.82) is 0 Å². The molecule has 22 heavy (non-hydrogen) atoms. The van der Waals surface area contributed by atoms with Gasteiger partial charge in [0.05, 0.1) is 18.4 Å². The summed E-state index contributed by atoms with van der Waals surface area (Å²) < 4.78 is 14.2. The number of carbonyl (C=O) groups is 2. The highest BCUT2D eigenvalue weighted by Gasteiger charge is 2.16. The van der Waals surface area contributed by atoms with Crippen LogP contribution in [0.15, 0.2) is 48.5 Å². The zero-order chi connectivity index (χ0) is 16.1. The first-order valence-corrected chi connectivity index (χ1v) is 6.81. The van der Waals surface area contributed by atoms with Crippen molar-refractivity contribution >= 4 is 11.9 Å². The molecule has 0 heterocycles. The Balaban J connectivity index is 2.18. The molecule has 0 aliphatic rings. The highest BCUT2D eigenvalue weighted by Crippen LogP contribution is 2.26. The van der Waals surface area contributed by atoms with Gasteiger partial charge in [-0.15, -0.1) is 0 Å². The van der Waals surface area contributed by atoms with Gasteiger partial charge in [0.15, 0.2) is 0 Å². The summed E-state index contributed by atoms with van der Waals surface area (Å²) in [6.45, 7) is 1.02. The van der Waals surface area contributed by atoms with E-state index in [4.69, 9.17) is 0 Å². The quantitative estimate of drug-likeness (QED) is 0.909. The maximum atomic E-state index is 14.2. The van der Waals surface area contributed by atoms with Gasteiger partial charge in [-0.2, -0.15) is 0 Å². The van der Waals surface area contributed by atoms with Gasteiger partial charge in [-0.05, 0) is 24.1 Å². The smallest absolute Gasteiger partial charge is 0.227 e. The zero-order valence-corrected chi connectivity index (χ0v) is 12.0. The number of benzene rings is 2. The molecule has 0 aliphatic carbocycles. The third-order valence-corrected chi connectivity index (χ3v) is 3.38. The third-order valence-electron chi connectivity index (χ3n) is 3.38. The topological polar surface area (TPSA) is 69.2 Å². The summed E-state index contributed by atoms with van der Waals surface area (Å²) in [5.41, 5.74) is 1.68. The van der Waals surface area contributed by atoms with E-state index in [1.807, 2.05) is 18.2 Å². The number of aliphatic carboxylic acids is 1. The van der Waals surface area contributed by atoms with Crippen LogP contribution in [0, 0.1) is 5.82 Å². The largest absolute Gasteiger partial charge is 0.548 e. The number of rotatable bonds is 5. The second-order valence-electron chi connectivity index (χ2n) is 4.92. The van der Waals surface area contributed by atoms with Crippen LogP contribution in [0.4, 0.5) is 4.39 Å². The Morgan fingerprint density at radius 2 is 1.86 bits per heavy atom. The van der Waals surface area contributed by atoms with Gasteiger partial charge in [-0.25, -0.2) is 4.39 Å². The minimum absolute atomic E-state index is 0.428. The van der Waals surface area contributed by atoms with Crippen LogP contribution in [-0.4, -0.2) is 18.4 Å². The van der Waals surface area contributed by atoms with Crippen LogP contribution in [0.1, 0.15) is 18.4 Å². The maximum Gasteiger partial charge on any atom is 0.227 e. The standard InChI is InChI=1S/C17H16FNO3/c1-11(17(22)19-10-16(20)21)13-7-8-14(15(18)9-13)12-5-3-2-4-6-12/h2-9,11H,10H2,1H3,(H,19,22)(H,20,21)/p-1/t11-/m0/s1. The monoisotopic (exact) mass is 300 g/mol. The molecule has 0 unspecified atom stereocenters. The van der Waals surface area contributed by atoms with E-state index in [0.29, 0.717) is 11.1 Å². The van der Waals surface area contributed by atoms with Crippen LogP contribution in [0.25, 0.3) is 11.1 Å². The van der Waals surface area contributed by atoms with E-state index < -0.39 is 30.2 Å². The number of carboxylic acid groups (broad SMARTS) is 1. The van der Waals surface area contributed by atoms with Crippen molar-refractivity contribution in [2.24, 2.45) is 0 Å². The minimum Gasteiger partial charge on any atom is -0.548 e. The summed E-state index contributed by atoms with van der Waals surface area (Å²) in [4.78, 5) is 22.1. The van der Waals surface area contributed by atoms with Crippen LogP contribution >= 0.6 is 0 Å². The van der Waals surface area contributed by atoms with Gasteiger partial charge in [-0.1, -0.05) is 42.5 Å². The highest BCUT2D eigenvalue weighted by atomic mass is 19.1. The van der Waals surface area contributed by atoms with E-state index in [-0.39, 0.29) is 0 Å². The van der Waals surface area contributed by atoms with Crippen LogP contribution in [0.5, 0.6) is 0 Å². The molecule has 0 spiro atoms. The summed E-state index contributed by atoms with van der Waals surface area (Å²) in [6.07, 6.45) is 0. The van der Waals surface area contributed by atoms with Crippen molar-refractivity contribution in [3.05, 3.63) is 59.9 Å². The fourth-order valence-electron chi connectivity index (χ4n) is 2.12. The number of hydrogen-bond donors (Lipinski definition) is 1. The molecule has 1 amide bonds. The van der Waals surface area contributed by atoms with E-state index in [0.717, 1.165) is 5.56 Å². The lowest BCUT2D eigenvalue weighted by Gasteiger charge is -2.14. The molecule has 1 N–H and O–H groups in total. The second-order valence-corrected chi connectivity index (χ2v) is 4.92. The normalized spacial score (nSPS) is 11.7. The van der Waals surface area contributed by atoms with Gasteiger partial charge < -0.3 is 15.2 Å². The highest BCUT2D eigenvalue weighted by molar-refractivity contribution is 5.86. The SMILES string of the molecule is C[C@H](C(=O)NCC(=O)[O-])c1ccc(-c2ccccc2)c(F)c1. The molecule has 0 fully saturated rings. The van der Waals surface area contributed by atoms with Crippen molar-refractivity contribution in [3.8, 4) is 11.1 Å². The third kappa shape index (κ3) is 3.69. The lowest BCUT2D eigenvalue weighted by Crippen LogP contribution is -2.39. The molecule has 0 saturated heterocycles. The van der Waals surface area contributed by atoms with E-state index in [1.165, 1.54) is 6.07 Å². The molecule has 0 aromatic heterocycles. The molecule has 5 heteroatoms. The van der Waals surface area contributed by atoms with Gasteiger partial charge in [0, 0.05) is 5.56 Å². The summed E-state index contributed by atoms with van der Waals surface area (Å²) >= 11 is 0. The van der Waals surface area contributed by atoms with Crippen LogP contribution in [-0.2, 0) is 9.59 Å². The molecular weight excluding hydrogens is 285 g/mol. The number of halogens is 1. The molecule has 2 aromatic rings. The van der Waals surface area contributed by atoms with Crippen molar-refractivity contribution in [3.63, 3.8) is 0 Å². The Bertz CT molecular complexity index is 686. The Hall–Kier alpha value is -2.69. The molecule has 2 aromatic carbocycles. The molecule has 114 valence electrons. The molecular formula is C17H15FNO3-. The Kier molecular flexibility index (Phi) is 4.88. The molecule has 1 atom stereocenters. The molecule has 0 radical (unpaired) electrons. The van der Waals surface area contributed by atoms with Gasteiger partial charge in [-0.3, -0.25) is 4.79 Å². The van der Waals surface area contributed by atoms with E-state index in [1.54, 1.807) is 31.2 Å². The van der Waals surface area contributed by atoms with Gasteiger partial charge >= 0.3 is 0 Å². The first-order valence-electron chi connectivity index (χ1n) is 6.81. The summed E-state index contributed by atoms with van der Waals surface area (Å²) in [5.74, 6) is -2.94. The number of amides is 1. The Morgan fingerprint density at radius 3 is 2.45 bits per heavy atom. The second kappa shape index (κ2) is 6.85. The van der Waals surface area contributed by atoms with Gasteiger partial charge in [0.2, 0.25) is 5.91 Å². The average Bonchev–Trinajstić information content (AvgIpc) is 2.52. The van der Waals surface area contributed by atoms with E-state index >= 15 is 0 Å². The summed E-state index contributed by atoms with van der Waals surface area (Å²) in [7, 11) is 0. The van der Waals surface area contributed by atoms with Gasteiger partial charge in [0.1, 0.15) is 5.82 Å². The minimum atomic E-state index is -1.37.